The summed E-state index contributed by atoms with van der Waals surface area (Å²) < 4.78 is 0. The highest BCUT2D eigenvalue weighted by molar-refractivity contribution is 7.80. The van der Waals surface area contributed by atoms with Crippen molar-refractivity contribution in [3.8, 4) is 0 Å². The third-order valence-corrected chi connectivity index (χ3v) is 10.6. The van der Waals surface area contributed by atoms with Gasteiger partial charge in [-0.25, -0.2) is 0 Å². The lowest BCUT2D eigenvalue weighted by atomic mass is 9.52. The van der Waals surface area contributed by atoms with Crippen LogP contribution in [-0.2, 0) is 0 Å². The Hall–Kier alpha value is -0.940. The molecule has 0 unspecified atom stereocenters. The van der Waals surface area contributed by atoms with Crippen LogP contribution in [0.3, 0.4) is 0 Å². The maximum absolute atomic E-state index is 10.6. The van der Waals surface area contributed by atoms with Crippen molar-refractivity contribution >= 4 is 23.5 Å². The molecule has 0 radical (unpaired) electrons. The molecule has 5 heteroatoms. The van der Waals surface area contributed by atoms with Crippen LogP contribution in [0.2, 0.25) is 0 Å². The maximum atomic E-state index is 10.6. The minimum absolute atomic E-state index is 0.205. The predicted molar refractivity (Wildman–Crippen MR) is 142 cm³/mol. The summed E-state index contributed by atoms with van der Waals surface area (Å²) in [5.74, 6) is 4.39. The van der Waals surface area contributed by atoms with Crippen LogP contribution in [0, 0.1) is 46.3 Å². The van der Waals surface area contributed by atoms with E-state index in [1.165, 1.54) is 56.1 Å². The first kappa shape index (κ1) is 25.2. The fraction of sp³-hybridized carbons (Fsp3) is 0.857. The standard InChI is InChI=1S/C28H47N3OS/c1-17(2)7-6-8-18(3)21-9-10-22-25-20(16-30-31-26(29)33)24-15-19(32)11-13-28(24,5)23(25)12-14-27(21,22)4/h16-19,21-23,25,32H,6-15H2,1-5H3,(H3,29,31,33)/b30-16+/t18-,19+,21-,22+,23+,25+,27-,28-/m1/s1. The van der Waals surface area contributed by atoms with Crippen molar-refractivity contribution in [1.29, 1.82) is 0 Å². The first-order chi connectivity index (χ1) is 15.6. The predicted octanol–water partition coefficient (Wildman–Crippen LogP) is 6.19. The summed E-state index contributed by atoms with van der Waals surface area (Å²) in [6.07, 6.45) is 14.1. The summed E-state index contributed by atoms with van der Waals surface area (Å²) in [5, 5.41) is 15.2. The van der Waals surface area contributed by atoms with Gasteiger partial charge in [0.05, 0.1) is 12.3 Å². The molecular weight excluding hydrogens is 426 g/mol. The van der Waals surface area contributed by atoms with Crippen molar-refractivity contribution in [1.82, 2.24) is 5.43 Å². The zero-order valence-corrected chi connectivity index (χ0v) is 22.4. The van der Waals surface area contributed by atoms with Gasteiger partial charge in [0.1, 0.15) is 0 Å². The van der Waals surface area contributed by atoms with Gasteiger partial charge >= 0.3 is 0 Å². The average molecular weight is 474 g/mol. The molecule has 0 saturated heterocycles. The molecule has 33 heavy (non-hydrogen) atoms. The Labute approximate surface area is 207 Å². The van der Waals surface area contributed by atoms with Gasteiger partial charge in [-0.05, 0) is 109 Å². The highest BCUT2D eigenvalue weighted by atomic mass is 32.1. The molecule has 4 nitrogen and oxygen atoms in total. The van der Waals surface area contributed by atoms with Gasteiger partial charge in [-0.3, -0.25) is 5.43 Å². The van der Waals surface area contributed by atoms with E-state index < -0.39 is 0 Å². The lowest BCUT2D eigenvalue weighted by Gasteiger charge is -2.52. The van der Waals surface area contributed by atoms with E-state index in [9.17, 15) is 5.11 Å². The molecule has 0 spiro atoms. The molecule has 4 N–H and O–H groups in total. The Morgan fingerprint density at radius 2 is 1.91 bits per heavy atom. The number of thiocarbonyl (C=S) groups is 1. The van der Waals surface area contributed by atoms with E-state index in [0.29, 0.717) is 23.2 Å². The number of allylic oxidation sites excluding steroid dienone is 1. The van der Waals surface area contributed by atoms with Gasteiger partial charge < -0.3 is 10.8 Å². The van der Waals surface area contributed by atoms with E-state index in [-0.39, 0.29) is 16.6 Å². The molecule has 186 valence electrons. The molecule has 3 saturated carbocycles. The fourth-order valence-electron chi connectivity index (χ4n) is 8.89. The lowest BCUT2D eigenvalue weighted by Crippen LogP contribution is -2.45. The molecule has 0 aromatic rings. The molecule has 4 rings (SSSR count). The number of nitrogens with zero attached hydrogens (tertiary/aromatic N) is 1. The summed E-state index contributed by atoms with van der Waals surface area (Å²) in [5.41, 5.74) is 11.9. The lowest BCUT2D eigenvalue weighted by molar-refractivity contribution is -0.0201. The largest absolute Gasteiger partial charge is 0.393 e. The molecule has 0 bridgehead atoms. The Balaban J connectivity index is 1.62. The number of aliphatic hydroxyl groups is 1. The van der Waals surface area contributed by atoms with Crippen molar-refractivity contribution in [2.75, 3.05) is 0 Å². The normalized spacial score (nSPS) is 41.2. The van der Waals surface area contributed by atoms with Crippen LogP contribution in [-0.4, -0.2) is 22.5 Å². The topological polar surface area (TPSA) is 70.6 Å². The third-order valence-electron chi connectivity index (χ3n) is 10.5. The second kappa shape index (κ2) is 9.60. The maximum Gasteiger partial charge on any atom is 0.184 e. The quantitative estimate of drug-likeness (QED) is 0.234. The van der Waals surface area contributed by atoms with E-state index >= 15 is 0 Å². The Morgan fingerprint density at radius 1 is 1.15 bits per heavy atom. The number of nitrogens with one attached hydrogen (secondary N) is 1. The van der Waals surface area contributed by atoms with E-state index in [0.717, 1.165) is 37.0 Å². The van der Waals surface area contributed by atoms with E-state index in [2.05, 4.69) is 45.1 Å². The molecule has 0 aromatic carbocycles. The first-order valence-electron chi connectivity index (χ1n) is 13.6. The van der Waals surface area contributed by atoms with Crippen LogP contribution < -0.4 is 11.2 Å². The molecule has 0 heterocycles. The number of nitrogens with two attached hydrogens (primary N) is 1. The molecule has 0 amide bonds. The van der Waals surface area contributed by atoms with Gasteiger partial charge in [0.15, 0.2) is 5.11 Å². The van der Waals surface area contributed by atoms with Crippen LogP contribution in [0.15, 0.2) is 16.2 Å². The first-order valence-corrected chi connectivity index (χ1v) is 14.0. The van der Waals surface area contributed by atoms with Gasteiger partial charge in [-0.2, -0.15) is 5.10 Å². The van der Waals surface area contributed by atoms with Crippen molar-refractivity contribution < 1.29 is 5.11 Å². The van der Waals surface area contributed by atoms with Crippen molar-refractivity contribution in [2.24, 2.45) is 57.2 Å². The molecule has 3 fully saturated rings. The summed E-state index contributed by atoms with van der Waals surface area (Å²) >= 11 is 4.99. The van der Waals surface area contributed by atoms with Crippen LogP contribution in [0.5, 0.6) is 0 Å². The minimum Gasteiger partial charge on any atom is -0.393 e. The van der Waals surface area contributed by atoms with Crippen LogP contribution in [0.1, 0.15) is 98.8 Å². The second-order valence-corrected chi connectivity index (χ2v) is 13.2. The summed E-state index contributed by atoms with van der Waals surface area (Å²) in [6, 6.07) is 0. The number of rotatable bonds is 7. The number of fused-ring (bicyclic) bond motifs is 5. The van der Waals surface area contributed by atoms with Gasteiger partial charge in [-0.1, -0.05) is 59.5 Å². The van der Waals surface area contributed by atoms with Crippen molar-refractivity contribution in [3.05, 3.63) is 11.1 Å². The zero-order valence-electron chi connectivity index (χ0n) is 21.6. The van der Waals surface area contributed by atoms with Crippen molar-refractivity contribution in [3.63, 3.8) is 0 Å². The van der Waals surface area contributed by atoms with Crippen LogP contribution in [0.4, 0.5) is 0 Å². The number of hydrogen-bond donors (Lipinski definition) is 3. The minimum atomic E-state index is -0.219. The smallest absolute Gasteiger partial charge is 0.184 e. The summed E-state index contributed by atoms with van der Waals surface area (Å²) in [7, 11) is 0. The number of aliphatic hydroxyl groups excluding tert-OH is 1. The van der Waals surface area contributed by atoms with Gasteiger partial charge in [0, 0.05) is 0 Å². The molecule has 4 aliphatic carbocycles. The van der Waals surface area contributed by atoms with Crippen LogP contribution >= 0.6 is 12.2 Å². The number of hydrogen-bond acceptors (Lipinski definition) is 3. The van der Waals surface area contributed by atoms with Gasteiger partial charge in [0.2, 0.25) is 0 Å². The molecular formula is C28H47N3OS. The monoisotopic (exact) mass is 473 g/mol. The Morgan fingerprint density at radius 3 is 2.61 bits per heavy atom. The Kier molecular flexibility index (Phi) is 7.32. The average Bonchev–Trinajstić information content (AvgIpc) is 3.20. The van der Waals surface area contributed by atoms with E-state index in [1.807, 2.05) is 6.21 Å². The highest BCUT2D eigenvalue weighted by Crippen LogP contribution is 2.70. The molecule has 4 aliphatic rings. The van der Waals surface area contributed by atoms with Gasteiger partial charge in [0.25, 0.3) is 0 Å². The van der Waals surface area contributed by atoms with Crippen molar-refractivity contribution in [2.45, 2.75) is 105 Å². The molecule has 0 aromatic heterocycles. The SMILES string of the molecule is CC(C)CCC[C@@H](C)[C@H]1CC[C@H]2[C@@H]3C(/C=N/NC(N)=S)=C4C[C@@H](O)CC[C@]4(C)[C@H]3CC[C@]12C. The summed E-state index contributed by atoms with van der Waals surface area (Å²) in [4.78, 5) is 0. The number of hydrazone groups is 1. The van der Waals surface area contributed by atoms with E-state index in [1.54, 1.807) is 0 Å². The van der Waals surface area contributed by atoms with Gasteiger partial charge in [-0.15, -0.1) is 0 Å². The fourth-order valence-corrected chi connectivity index (χ4v) is 8.94. The molecule has 8 atom stereocenters. The van der Waals surface area contributed by atoms with Crippen LogP contribution in [0.25, 0.3) is 0 Å². The molecule has 0 aliphatic heterocycles. The summed E-state index contributed by atoms with van der Waals surface area (Å²) in [6.45, 7) is 12.3. The Bertz CT molecular complexity index is 807. The zero-order chi connectivity index (χ0) is 24.0. The third kappa shape index (κ3) is 4.53. The second-order valence-electron chi connectivity index (χ2n) is 12.8. The van der Waals surface area contributed by atoms with E-state index in [4.69, 9.17) is 18.0 Å². The highest BCUT2D eigenvalue weighted by Gasteiger charge is 2.62.